The molecule has 0 aliphatic heterocycles. The lowest BCUT2D eigenvalue weighted by atomic mass is 10.0. The monoisotopic (exact) mass is 556 g/mol. The number of aryl methyl sites for hydroxylation is 2. The number of carbonyl (C=O) groups excluding carboxylic acids is 1. The number of ether oxygens (including phenoxy) is 2. The molecule has 8 heteroatoms. The first-order valence-corrected chi connectivity index (χ1v) is 13.8. The topological polar surface area (TPSA) is 111 Å². The quantitative estimate of drug-likeness (QED) is 0.182. The van der Waals surface area contributed by atoms with E-state index in [1.54, 1.807) is 13.8 Å². The summed E-state index contributed by atoms with van der Waals surface area (Å²) >= 11 is 0. The number of carboxylic acids is 1. The van der Waals surface area contributed by atoms with Crippen LogP contribution in [-0.2, 0) is 33.7 Å². The molecule has 4 aromatic rings. The molecule has 0 aliphatic carbocycles. The molecule has 8 nitrogen and oxygen atoms in total. The average Bonchev–Trinajstić information content (AvgIpc) is 3.32. The van der Waals surface area contributed by atoms with Crippen molar-refractivity contribution in [2.45, 2.75) is 52.7 Å². The summed E-state index contributed by atoms with van der Waals surface area (Å²) in [6, 6.07) is 23.9. The Bertz CT molecular complexity index is 1440. The summed E-state index contributed by atoms with van der Waals surface area (Å²) in [4.78, 5) is 27.7. The van der Waals surface area contributed by atoms with Crippen LogP contribution >= 0.6 is 0 Å². The van der Waals surface area contributed by atoms with Crippen LogP contribution in [0, 0.1) is 6.92 Å². The van der Waals surface area contributed by atoms with Crippen molar-refractivity contribution < 1.29 is 28.6 Å². The zero-order valence-electron chi connectivity index (χ0n) is 23.7. The minimum absolute atomic E-state index is 0.0192. The summed E-state index contributed by atoms with van der Waals surface area (Å²) in [5.41, 5.74) is 5.79. The Morgan fingerprint density at radius 2 is 1.63 bits per heavy atom. The Kier molecular flexibility index (Phi) is 10.3. The van der Waals surface area contributed by atoms with Crippen LogP contribution in [-0.4, -0.2) is 41.3 Å². The number of hydrogen-bond acceptors (Lipinski definition) is 7. The van der Waals surface area contributed by atoms with Crippen LogP contribution in [0.1, 0.15) is 42.8 Å². The molecule has 0 amide bonds. The summed E-state index contributed by atoms with van der Waals surface area (Å²) < 4.78 is 17.1. The average molecular weight is 557 g/mol. The second-order valence-electron chi connectivity index (χ2n) is 10.0. The highest BCUT2D eigenvalue weighted by atomic mass is 16.5. The van der Waals surface area contributed by atoms with E-state index in [4.69, 9.17) is 24.0 Å². The van der Waals surface area contributed by atoms with Gasteiger partial charge >= 0.3 is 11.9 Å². The molecule has 0 spiro atoms. The highest BCUT2D eigenvalue weighted by Gasteiger charge is 2.13. The van der Waals surface area contributed by atoms with Gasteiger partial charge in [0.25, 0.3) is 0 Å². The number of esters is 1. The van der Waals surface area contributed by atoms with Gasteiger partial charge in [-0.2, -0.15) is 0 Å². The van der Waals surface area contributed by atoms with Gasteiger partial charge < -0.3 is 24.3 Å². The molecule has 3 aromatic carbocycles. The third-order valence-electron chi connectivity index (χ3n) is 6.48. The Balaban J connectivity index is 1.36. The smallest absolute Gasteiger partial charge is 0.320 e. The van der Waals surface area contributed by atoms with Gasteiger partial charge in [-0.25, -0.2) is 4.98 Å². The number of rotatable bonds is 14. The summed E-state index contributed by atoms with van der Waals surface area (Å²) in [5.74, 6) is 0.777. The normalized spacial score (nSPS) is 11.0. The third-order valence-corrected chi connectivity index (χ3v) is 6.48. The lowest BCUT2D eigenvalue weighted by Gasteiger charge is -2.14. The lowest BCUT2D eigenvalue weighted by molar-refractivity contribution is -0.146. The first-order chi connectivity index (χ1) is 19.8. The van der Waals surface area contributed by atoms with Gasteiger partial charge in [-0.05, 0) is 73.7 Å². The number of hydrogen-bond donors (Lipinski definition) is 2. The Labute approximate surface area is 240 Å². The number of nitrogens with zero attached hydrogens (tertiary/aromatic N) is 1. The Morgan fingerprint density at radius 1 is 0.927 bits per heavy atom. The first-order valence-electron chi connectivity index (χ1n) is 13.8. The molecule has 0 radical (unpaired) electrons. The zero-order chi connectivity index (χ0) is 29.2. The van der Waals surface area contributed by atoms with Gasteiger partial charge in [0.05, 0.1) is 24.9 Å². The molecule has 2 N–H and O–H groups in total. The van der Waals surface area contributed by atoms with Crippen molar-refractivity contribution in [1.29, 1.82) is 0 Å². The summed E-state index contributed by atoms with van der Waals surface area (Å²) in [6.45, 7) is 6.33. The fourth-order valence-electron chi connectivity index (χ4n) is 4.43. The molecule has 0 saturated heterocycles. The van der Waals surface area contributed by atoms with E-state index in [1.807, 2.05) is 55.5 Å². The zero-order valence-corrected chi connectivity index (χ0v) is 23.7. The number of aliphatic carboxylic acids is 1. The number of carboxylic acid groups (broad SMARTS) is 1. The van der Waals surface area contributed by atoms with Gasteiger partial charge in [0.2, 0.25) is 5.89 Å². The Hall–Kier alpha value is -4.43. The Morgan fingerprint density at radius 3 is 2.34 bits per heavy atom. The van der Waals surface area contributed by atoms with E-state index in [0.717, 1.165) is 39.3 Å². The van der Waals surface area contributed by atoms with Crippen LogP contribution in [0.5, 0.6) is 5.75 Å². The predicted octanol–water partition coefficient (Wildman–Crippen LogP) is 6.00. The first kappa shape index (κ1) is 29.6. The number of nitrogens with one attached hydrogen (secondary N) is 1. The van der Waals surface area contributed by atoms with Gasteiger partial charge in [-0.3, -0.25) is 9.59 Å². The van der Waals surface area contributed by atoms with Crippen LogP contribution < -0.4 is 10.1 Å². The molecule has 0 aliphatic rings. The molecule has 1 heterocycles. The molecule has 41 heavy (non-hydrogen) atoms. The van der Waals surface area contributed by atoms with Crippen LogP contribution in [0.2, 0.25) is 0 Å². The summed E-state index contributed by atoms with van der Waals surface area (Å²) in [6.07, 6.45) is 0.783. The minimum Gasteiger partial charge on any atom is -0.493 e. The number of oxazole rings is 1. The standard InChI is InChI=1S/C33H36N2O6/c1-22(2)40-32(38)21-34-20-28-19-29(15-13-26(28)14-16-31(36)37)39-18-17-30-23(3)41-33(35-30)27-11-9-25(10-12-27)24-7-5-4-6-8-24/h4-13,15,19,22,34H,14,16-18,20-21H2,1-3H3,(H,36,37). The third kappa shape index (κ3) is 8.78. The van der Waals surface area contributed by atoms with Crippen molar-refractivity contribution in [3.05, 3.63) is 95.4 Å². The second kappa shape index (κ2) is 14.3. The van der Waals surface area contributed by atoms with E-state index in [-0.39, 0.29) is 25.0 Å². The minimum atomic E-state index is -0.862. The maximum Gasteiger partial charge on any atom is 0.320 e. The lowest BCUT2D eigenvalue weighted by Crippen LogP contribution is -2.26. The van der Waals surface area contributed by atoms with E-state index in [2.05, 4.69) is 29.6 Å². The molecule has 0 atom stereocenters. The molecule has 1 aromatic heterocycles. The van der Waals surface area contributed by atoms with E-state index < -0.39 is 5.97 Å². The van der Waals surface area contributed by atoms with Crippen molar-refractivity contribution >= 4 is 11.9 Å². The molecular formula is C33H36N2O6. The van der Waals surface area contributed by atoms with Crippen molar-refractivity contribution in [3.8, 4) is 28.3 Å². The van der Waals surface area contributed by atoms with E-state index in [9.17, 15) is 9.59 Å². The van der Waals surface area contributed by atoms with E-state index in [0.29, 0.717) is 37.6 Å². The van der Waals surface area contributed by atoms with Gasteiger partial charge in [-0.15, -0.1) is 0 Å². The van der Waals surface area contributed by atoms with E-state index in [1.165, 1.54) is 0 Å². The van der Waals surface area contributed by atoms with Crippen LogP contribution in [0.3, 0.4) is 0 Å². The summed E-state index contributed by atoms with van der Waals surface area (Å²) in [5, 5.41) is 12.2. The maximum absolute atomic E-state index is 11.9. The SMILES string of the molecule is Cc1oc(-c2ccc(-c3ccccc3)cc2)nc1CCOc1ccc(CCC(=O)O)c(CNCC(=O)OC(C)C)c1. The van der Waals surface area contributed by atoms with Gasteiger partial charge in [0.1, 0.15) is 11.5 Å². The highest BCUT2D eigenvalue weighted by molar-refractivity contribution is 5.71. The molecule has 0 saturated carbocycles. The van der Waals surface area contributed by atoms with Crippen molar-refractivity contribution in [2.24, 2.45) is 0 Å². The highest BCUT2D eigenvalue weighted by Crippen LogP contribution is 2.26. The summed E-state index contributed by atoms with van der Waals surface area (Å²) in [7, 11) is 0. The molecule has 0 bridgehead atoms. The van der Waals surface area contributed by atoms with E-state index >= 15 is 0 Å². The van der Waals surface area contributed by atoms with Gasteiger partial charge in [0, 0.05) is 24.9 Å². The number of carbonyl (C=O) groups is 2. The van der Waals surface area contributed by atoms with Crippen molar-refractivity contribution in [1.82, 2.24) is 10.3 Å². The fraction of sp³-hybridized carbons (Fsp3) is 0.303. The largest absolute Gasteiger partial charge is 0.493 e. The molecule has 0 unspecified atom stereocenters. The predicted molar refractivity (Wildman–Crippen MR) is 157 cm³/mol. The number of benzene rings is 3. The molecule has 214 valence electrons. The molecular weight excluding hydrogens is 520 g/mol. The van der Waals surface area contributed by atoms with Gasteiger partial charge in [0.15, 0.2) is 0 Å². The van der Waals surface area contributed by atoms with Crippen molar-refractivity contribution in [2.75, 3.05) is 13.2 Å². The van der Waals surface area contributed by atoms with Crippen LogP contribution in [0.15, 0.2) is 77.2 Å². The molecule has 0 fully saturated rings. The van der Waals surface area contributed by atoms with Crippen molar-refractivity contribution in [3.63, 3.8) is 0 Å². The molecule has 4 rings (SSSR count). The second-order valence-corrected chi connectivity index (χ2v) is 10.0. The van der Waals surface area contributed by atoms with Gasteiger partial charge in [-0.1, -0.05) is 48.5 Å². The van der Waals surface area contributed by atoms with Crippen LogP contribution in [0.25, 0.3) is 22.6 Å². The van der Waals surface area contributed by atoms with Crippen LogP contribution in [0.4, 0.5) is 0 Å². The number of aromatic nitrogens is 1. The maximum atomic E-state index is 11.9. The fourth-order valence-corrected chi connectivity index (χ4v) is 4.43.